The van der Waals surface area contributed by atoms with Crippen LogP contribution in [0.2, 0.25) is 0 Å². The van der Waals surface area contributed by atoms with Crippen molar-refractivity contribution < 1.29 is 28.6 Å². The Hall–Kier alpha value is -3.26. The highest BCUT2D eigenvalue weighted by atomic mass is 19.1. The summed E-state index contributed by atoms with van der Waals surface area (Å²) in [5, 5.41) is 13.3. The Morgan fingerprint density at radius 1 is 1.19 bits per heavy atom. The summed E-state index contributed by atoms with van der Waals surface area (Å²) in [5.41, 5.74) is 1.12. The van der Waals surface area contributed by atoms with Gasteiger partial charge in [0.2, 0.25) is 11.8 Å². The Balaban J connectivity index is 1.76. The number of rotatable bonds is 9. The largest absolute Gasteiger partial charge is 0.464 e. The van der Waals surface area contributed by atoms with Crippen molar-refractivity contribution in [3.63, 3.8) is 0 Å². The van der Waals surface area contributed by atoms with E-state index in [9.17, 15) is 23.9 Å². The van der Waals surface area contributed by atoms with Gasteiger partial charge in [-0.25, -0.2) is 9.18 Å². The van der Waals surface area contributed by atoms with E-state index >= 15 is 0 Å². The molecular formula is C24H27FN2O5. The number of esters is 1. The summed E-state index contributed by atoms with van der Waals surface area (Å²) in [5.74, 6) is -2.04. The van der Waals surface area contributed by atoms with Crippen LogP contribution in [-0.4, -0.2) is 52.6 Å². The van der Waals surface area contributed by atoms with Crippen molar-refractivity contribution in [3.8, 4) is 0 Å². The van der Waals surface area contributed by atoms with E-state index in [0.717, 1.165) is 5.56 Å². The standard InChI is InChI=1S/C24H27FN2O5/c1-2-32-24(31)22(29)19(14-16-8-4-3-5-9-16)26-23(30)20-12-13-21(28)27(20)15-17-10-6-7-11-18(17)25/h3-11,19-20,22,29H,2,12-15H2,1H3,(H,26,30)/t19?,20-,22?/m1/s1. The van der Waals surface area contributed by atoms with E-state index in [4.69, 9.17) is 4.74 Å². The zero-order valence-electron chi connectivity index (χ0n) is 17.9. The number of benzene rings is 2. The zero-order valence-corrected chi connectivity index (χ0v) is 17.9. The van der Waals surface area contributed by atoms with Gasteiger partial charge in [-0.3, -0.25) is 9.59 Å². The Kier molecular flexibility index (Phi) is 7.94. The van der Waals surface area contributed by atoms with Gasteiger partial charge in [0.25, 0.3) is 0 Å². The molecule has 0 aliphatic carbocycles. The van der Waals surface area contributed by atoms with E-state index in [-0.39, 0.29) is 38.3 Å². The van der Waals surface area contributed by atoms with Crippen molar-refractivity contribution in [2.75, 3.05) is 6.61 Å². The number of likely N-dealkylation sites (tertiary alicyclic amines) is 1. The fourth-order valence-corrected chi connectivity index (χ4v) is 3.80. The summed E-state index contributed by atoms with van der Waals surface area (Å²) in [4.78, 5) is 39.0. The summed E-state index contributed by atoms with van der Waals surface area (Å²) in [7, 11) is 0. The molecule has 1 aliphatic heterocycles. The highest BCUT2D eigenvalue weighted by molar-refractivity contribution is 5.91. The number of hydrogen-bond donors (Lipinski definition) is 2. The van der Waals surface area contributed by atoms with E-state index in [1.54, 1.807) is 25.1 Å². The van der Waals surface area contributed by atoms with Gasteiger partial charge in [0.15, 0.2) is 6.10 Å². The first-order valence-electron chi connectivity index (χ1n) is 10.6. The lowest BCUT2D eigenvalue weighted by molar-refractivity contribution is -0.155. The van der Waals surface area contributed by atoms with Crippen LogP contribution in [0.5, 0.6) is 0 Å². The number of ether oxygens (including phenoxy) is 1. The minimum Gasteiger partial charge on any atom is -0.464 e. The second kappa shape index (κ2) is 10.9. The van der Waals surface area contributed by atoms with Crippen molar-refractivity contribution in [1.29, 1.82) is 0 Å². The van der Waals surface area contributed by atoms with Crippen LogP contribution < -0.4 is 5.32 Å². The fourth-order valence-electron chi connectivity index (χ4n) is 3.80. The summed E-state index contributed by atoms with van der Waals surface area (Å²) in [6.07, 6.45) is -0.944. The Bertz CT molecular complexity index is 952. The maximum absolute atomic E-state index is 14.1. The van der Waals surface area contributed by atoms with Crippen LogP contribution in [0.4, 0.5) is 4.39 Å². The molecule has 0 saturated carbocycles. The predicted octanol–water partition coefficient (Wildman–Crippen LogP) is 1.97. The van der Waals surface area contributed by atoms with Crippen molar-refractivity contribution in [2.45, 2.75) is 50.9 Å². The molecule has 8 heteroatoms. The first-order chi connectivity index (χ1) is 15.4. The van der Waals surface area contributed by atoms with Crippen LogP contribution >= 0.6 is 0 Å². The molecule has 7 nitrogen and oxygen atoms in total. The molecule has 0 aromatic heterocycles. The predicted molar refractivity (Wildman–Crippen MR) is 115 cm³/mol. The highest BCUT2D eigenvalue weighted by Crippen LogP contribution is 2.23. The summed E-state index contributed by atoms with van der Waals surface area (Å²) in [6, 6.07) is 13.4. The molecule has 2 aromatic carbocycles. The van der Waals surface area contributed by atoms with Crippen LogP contribution in [0.15, 0.2) is 54.6 Å². The molecule has 2 aromatic rings. The number of nitrogens with one attached hydrogen (secondary N) is 1. The lowest BCUT2D eigenvalue weighted by Crippen LogP contribution is -2.54. The SMILES string of the molecule is CCOC(=O)C(O)C(Cc1ccccc1)NC(=O)[C@H]1CCC(=O)N1Cc1ccccc1F. The number of hydrogen-bond acceptors (Lipinski definition) is 5. The van der Waals surface area contributed by atoms with Gasteiger partial charge in [-0.1, -0.05) is 48.5 Å². The fraction of sp³-hybridized carbons (Fsp3) is 0.375. The van der Waals surface area contributed by atoms with Gasteiger partial charge in [-0.05, 0) is 31.4 Å². The Labute approximate surface area is 186 Å². The van der Waals surface area contributed by atoms with Crippen molar-refractivity contribution in [1.82, 2.24) is 10.2 Å². The van der Waals surface area contributed by atoms with E-state index < -0.39 is 35.9 Å². The van der Waals surface area contributed by atoms with Crippen molar-refractivity contribution >= 4 is 17.8 Å². The Morgan fingerprint density at radius 3 is 2.56 bits per heavy atom. The van der Waals surface area contributed by atoms with Crippen LogP contribution in [0.3, 0.4) is 0 Å². The third kappa shape index (κ3) is 5.70. The van der Waals surface area contributed by atoms with Gasteiger partial charge in [0, 0.05) is 18.5 Å². The summed E-state index contributed by atoms with van der Waals surface area (Å²) >= 11 is 0. The molecule has 32 heavy (non-hydrogen) atoms. The second-order valence-electron chi connectivity index (χ2n) is 7.67. The molecule has 3 rings (SSSR count). The first-order valence-corrected chi connectivity index (χ1v) is 10.6. The van der Waals surface area contributed by atoms with Crippen molar-refractivity contribution in [2.24, 2.45) is 0 Å². The number of carbonyl (C=O) groups excluding carboxylic acids is 3. The van der Waals surface area contributed by atoms with Crippen LogP contribution in [0.25, 0.3) is 0 Å². The molecular weight excluding hydrogens is 415 g/mol. The average Bonchev–Trinajstić information content (AvgIpc) is 3.15. The molecule has 2 amide bonds. The van der Waals surface area contributed by atoms with E-state index in [1.807, 2.05) is 30.3 Å². The number of halogens is 1. The number of amides is 2. The molecule has 1 saturated heterocycles. The van der Waals surface area contributed by atoms with Gasteiger partial charge in [-0.15, -0.1) is 0 Å². The van der Waals surface area contributed by atoms with E-state index in [1.165, 1.54) is 11.0 Å². The van der Waals surface area contributed by atoms with Gasteiger partial charge in [0.05, 0.1) is 12.6 Å². The van der Waals surface area contributed by atoms with Gasteiger partial charge in [0.1, 0.15) is 11.9 Å². The molecule has 3 atom stereocenters. The molecule has 0 radical (unpaired) electrons. The first kappa shape index (κ1) is 23.4. The van der Waals surface area contributed by atoms with Crippen molar-refractivity contribution in [3.05, 3.63) is 71.5 Å². The van der Waals surface area contributed by atoms with Gasteiger partial charge < -0.3 is 20.1 Å². The molecule has 1 heterocycles. The molecule has 2 N–H and O–H groups in total. The number of carbonyl (C=O) groups is 3. The average molecular weight is 442 g/mol. The quantitative estimate of drug-likeness (QED) is 0.579. The highest BCUT2D eigenvalue weighted by Gasteiger charge is 2.38. The lowest BCUT2D eigenvalue weighted by atomic mass is 10.0. The third-order valence-corrected chi connectivity index (χ3v) is 5.46. The molecule has 2 unspecified atom stereocenters. The maximum atomic E-state index is 14.1. The monoisotopic (exact) mass is 442 g/mol. The smallest absolute Gasteiger partial charge is 0.337 e. The molecule has 170 valence electrons. The van der Waals surface area contributed by atoms with Gasteiger partial charge >= 0.3 is 5.97 Å². The maximum Gasteiger partial charge on any atom is 0.337 e. The zero-order chi connectivity index (χ0) is 23.1. The van der Waals surface area contributed by atoms with Gasteiger partial charge in [-0.2, -0.15) is 0 Å². The summed E-state index contributed by atoms with van der Waals surface area (Å²) < 4.78 is 19.0. The molecule has 0 spiro atoms. The van der Waals surface area contributed by atoms with Crippen LogP contribution in [0.1, 0.15) is 30.9 Å². The lowest BCUT2D eigenvalue weighted by Gasteiger charge is -2.28. The summed E-state index contributed by atoms with van der Waals surface area (Å²) in [6.45, 7) is 1.68. The minimum absolute atomic E-state index is 0.0343. The minimum atomic E-state index is -1.57. The number of aliphatic hydroxyl groups is 1. The normalized spacial score (nSPS) is 17.7. The Morgan fingerprint density at radius 2 is 1.88 bits per heavy atom. The topological polar surface area (TPSA) is 95.9 Å². The molecule has 1 fully saturated rings. The molecule has 0 bridgehead atoms. The van der Waals surface area contributed by atoms with E-state index in [2.05, 4.69) is 5.32 Å². The number of aliphatic hydroxyl groups excluding tert-OH is 1. The van der Waals surface area contributed by atoms with Crippen LogP contribution in [0, 0.1) is 5.82 Å². The third-order valence-electron chi connectivity index (χ3n) is 5.46. The van der Waals surface area contributed by atoms with E-state index in [0.29, 0.717) is 5.56 Å². The van der Waals surface area contributed by atoms with Crippen LogP contribution in [-0.2, 0) is 32.1 Å². The number of nitrogens with zero attached hydrogens (tertiary/aromatic N) is 1. The molecule has 1 aliphatic rings. The second-order valence-corrected chi connectivity index (χ2v) is 7.67.